The van der Waals surface area contributed by atoms with Gasteiger partial charge in [0.1, 0.15) is 5.69 Å². The molecule has 0 atom stereocenters. The number of halogens is 2. The number of nitrogens with one attached hydrogen (secondary N) is 1. The summed E-state index contributed by atoms with van der Waals surface area (Å²) >= 11 is 0. The standard InChI is InChI=1S/C18H16F2N4O4S/c1-11-4-2-6-14(23-11)29(27,28)24-10-12(7-9-22-18(25)26)15(19)16(24)13-5-3-8-21-17(13)20/h2-6,8,10,22H,7,9H2,1H3,(H,25,26). The van der Waals surface area contributed by atoms with Gasteiger partial charge in [0.2, 0.25) is 5.95 Å². The van der Waals surface area contributed by atoms with E-state index < -0.39 is 33.6 Å². The van der Waals surface area contributed by atoms with Crippen LogP contribution in [0.3, 0.4) is 0 Å². The molecule has 0 aliphatic carbocycles. The molecule has 3 heterocycles. The predicted octanol–water partition coefficient (Wildman–Crippen LogP) is 2.58. The van der Waals surface area contributed by atoms with E-state index in [-0.39, 0.29) is 29.1 Å². The van der Waals surface area contributed by atoms with Gasteiger partial charge in [-0.3, -0.25) is 0 Å². The molecule has 8 nitrogen and oxygen atoms in total. The molecule has 0 aliphatic rings. The van der Waals surface area contributed by atoms with Gasteiger partial charge in [-0.1, -0.05) is 6.07 Å². The van der Waals surface area contributed by atoms with Crippen LogP contribution in [0.2, 0.25) is 0 Å². The first-order chi connectivity index (χ1) is 13.7. The lowest BCUT2D eigenvalue weighted by Gasteiger charge is -2.10. The summed E-state index contributed by atoms with van der Waals surface area (Å²) in [6, 6.07) is 6.88. The summed E-state index contributed by atoms with van der Waals surface area (Å²) in [7, 11) is -4.37. The van der Waals surface area contributed by atoms with Crippen molar-refractivity contribution >= 4 is 16.1 Å². The molecule has 0 saturated carbocycles. The first kappa shape index (κ1) is 20.4. The summed E-state index contributed by atoms with van der Waals surface area (Å²) in [5, 5.41) is 10.4. The van der Waals surface area contributed by atoms with Crippen LogP contribution in [-0.2, 0) is 16.4 Å². The molecule has 0 fully saturated rings. The first-order valence-corrected chi connectivity index (χ1v) is 9.82. The van der Waals surface area contributed by atoms with Crippen molar-refractivity contribution in [1.82, 2.24) is 19.3 Å². The Morgan fingerprint density at radius 1 is 1.24 bits per heavy atom. The van der Waals surface area contributed by atoms with E-state index in [0.717, 1.165) is 12.4 Å². The van der Waals surface area contributed by atoms with Crippen molar-refractivity contribution in [1.29, 1.82) is 0 Å². The number of carboxylic acid groups (broad SMARTS) is 1. The molecule has 2 N–H and O–H groups in total. The molecule has 0 bridgehead atoms. The second-order valence-electron chi connectivity index (χ2n) is 6.06. The van der Waals surface area contributed by atoms with E-state index in [1.807, 2.05) is 0 Å². The van der Waals surface area contributed by atoms with Crippen LogP contribution in [0.15, 0.2) is 47.8 Å². The molecule has 11 heteroatoms. The van der Waals surface area contributed by atoms with E-state index in [1.165, 1.54) is 24.3 Å². The van der Waals surface area contributed by atoms with E-state index in [1.54, 1.807) is 13.0 Å². The van der Waals surface area contributed by atoms with Crippen LogP contribution in [-0.4, -0.2) is 40.1 Å². The fourth-order valence-corrected chi connectivity index (χ4v) is 4.14. The Labute approximate surface area is 164 Å². The van der Waals surface area contributed by atoms with Gasteiger partial charge in [-0.2, -0.15) is 12.8 Å². The van der Waals surface area contributed by atoms with E-state index in [9.17, 15) is 17.6 Å². The van der Waals surface area contributed by atoms with Crippen LogP contribution in [0.5, 0.6) is 0 Å². The van der Waals surface area contributed by atoms with Gasteiger partial charge >= 0.3 is 6.09 Å². The average Bonchev–Trinajstić information content (AvgIpc) is 2.99. The summed E-state index contributed by atoms with van der Waals surface area (Å²) in [5.74, 6) is -2.03. The SMILES string of the molecule is Cc1cccc(S(=O)(=O)n2cc(CCNC(=O)O)c(F)c2-c2cccnc2F)n1. The third-order valence-corrected chi connectivity index (χ3v) is 5.62. The fourth-order valence-electron chi connectivity index (χ4n) is 2.74. The number of pyridine rings is 2. The highest BCUT2D eigenvalue weighted by molar-refractivity contribution is 7.90. The Balaban J connectivity index is 2.19. The summed E-state index contributed by atoms with van der Waals surface area (Å²) in [6.45, 7) is 1.44. The number of rotatable bonds is 6. The normalized spacial score (nSPS) is 11.4. The van der Waals surface area contributed by atoms with E-state index in [2.05, 4.69) is 15.3 Å². The van der Waals surface area contributed by atoms with Crippen LogP contribution in [0, 0.1) is 18.7 Å². The van der Waals surface area contributed by atoms with Crippen LogP contribution in [0.4, 0.5) is 13.6 Å². The smallest absolute Gasteiger partial charge is 0.404 e. The minimum Gasteiger partial charge on any atom is -0.465 e. The molecule has 152 valence electrons. The Bertz CT molecular complexity index is 1180. The summed E-state index contributed by atoms with van der Waals surface area (Å²) in [4.78, 5) is 18.0. The quantitative estimate of drug-likeness (QED) is 0.590. The van der Waals surface area contributed by atoms with Crippen molar-refractivity contribution in [2.75, 3.05) is 6.54 Å². The molecule has 1 amide bonds. The number of aromatic nitrogens is 3. The topological polar surface area (TPSA) is 114 Å². The van der Waals surface area contributed by atoms with Gasteiger partial charge in [0.25, 0.3) is 10.0 Å². The Kier molecular flexibility index (Phi) is 5.59. The van der Waals surface area contributed by atoms with Gasteiger partial charge in [-0.05, 0) is 37.6 Å². The lowest BCUT2D eigenvalue weighted by atomic mass is 10.1. The zero-order chi connectivity index (χ0) is 21.2. The van der Waals surface area contributed by atoms with Gasteiger partial charge in [0.15, 0.2) is 10.8 Å². The van der Waals surface area contributed by atoms with Gasteiger partial charge in [-0.15, -0.1) is 0 Å². The number of amides is 1. The number of hydrogen-bond donors (Lipinski definition) is 2. The third-order valence-electron chi connectivity index (χ3n) is 4.05. The number of aryl methyl sites for hydroxylation is 1. The predicted molar refractivity (Wildman–Crippen MR) is 98.9 cm³/mol. The zero-order valence-electron chi connectivity index (χ0n) is 15.1. The van der Waals surface area contributed by atoms with Crippen LogP contribution in [0.1, 0.15) is 11.3 Å². The third kappa shape index (κ3) is 4.09. The van der Waals surface area contributed by atoms with Crippen molar-refractivity contribution < 1.29 is 27.1 Å². The van der Waals surface area contributed by atoms with Crippen LogP contribution in [0.25, 0.3) is 11.3 Å². The number of carbonyl (C=O) groups is 1. The molecule has 29 heavy (non-hydrogen) atoms. The highest BCUT2D eigenvalue weighted by Crippen LogP contribution is 2.31. The summed E-state index contributed by atoms with van der Waals surface area (Å²) in [5.41, 5.74) is -0.560. The first-order valence-electron chi connectivity index (χ1n) is 8.38. The molecular formula is C18H16F2N4O4S. The van der Waals surface area contributed by atoms with Gasteiger partial charge in [0, 0.05) is 30.2 Å². The molecular weight excluding hydrogens is 406 g/mol. The molecule has 0 aliphatic heterocycles. The van der Waals surface area contributed by atoms with Gasteiger partial charge < -0.3 is 10.4 Å². The summed E-state index contributed by atoms with van der Waals surface area (Å²) in [6.07, 6.45) is 0.703. The molecule has 3 aromatic rings. The maximum absolute atomic E-state index is 15.1. The molecule has 0 aromatic carbocycles. The monoisotopic (exact) mass is 422 g/mol. The second-order valence-corrected chi connectivity index (χ2v) is 7.82. The van der Waals surface area contributed by atoms with Crippen LogP contribution >= 0.6 is 0 Å². The van der Waals surface area contributed by atoms with Crippen molar-refractivity contribution in [3.8, 4) is 11.3 Å². The van der Waals surface area contributed by atoms with E-state index >= 15 is 4.39 Å². The van der Waals surface area contributed by atoms with Crippen molar-refractivity contribution in [2.45, 2.75) is 18.4 Å². The lowest BCUT2D eigenvalue weighted by Crippen LogP contribution is -2.23. The maximum Gasteiger partial charge on any atom is 0.404 e. The van der Waals surface area contributed by atoms with Gasteiger partial charge in [-0.25, -0.2) is 23.1 Å². The highest BCUT2D eigenvalue weighted by atomic mass is 32.2. The largest absolute Gasteiger partial charge is 0.465 e. The minimum absolute atomic E-state index is 0.103. The van der Waals surface area contributed by atoms with Crippen molar-refractivity contribution in [3.05, 3.63) is 65.7 Å². The minimum atomic E-state index is -4.37. The zero-order valence-corrected chi connectivity index (χ0v) is 15.9. The molecule has 0 spiro atoms. The Morgan fingerprint density at radius 2 is 2.00 bits per heavy atom. The van der Waals surface area contributed by atoms with E-state index in [4.69, 9.17) is 5.11 Å². The Morgan fingerprint density at radius 3 is 2.66 bits per heavy atom. The van der Waals surface area contributed by atoms with E-state index in [0.29, 0.717) is 9.67 Å². The maximum atomic E-state index is 15.1. The second kappa shape index (κ2) is 7.95. The number of nitrogens with zero attached hydrogens (tertiary/aromatic N) is 3. The van der Waals surface area contributed by atoms with Crippen LogP contribution < -0.4 is 5.32 Å². The fraction of sp³-hybridized carbons (Fsp3) is 0.167. The highest BCUT2D eigenvalue weighted by Gasteiger charge is 2.29. The molecule has 3 rings (SSSR count). The van der Waals surface area contributed by atoms with Gasteiger partial charge in [0.05, 0.1) is 5.56 Å². The molecule has 3 aromatic heterocycles. The molecule has 0 unspecified atom stereocenters. The van der Waals surface area contributed by atoms with Crippen molar-refractivity contribution in [3.63, 3.8) is 0 Å². The lowest BCUT2D eigenvalue weighted by molar-refractivity contribution is 0.194. The van der Waals surface area contributed by atoms with Crippen molar-refractivity contribution in [2.24, 2.45) is 0 Å². The Hall–Kier alpha value is -3.34. The number of hydrogen-bond acceptors (Lipinski definition) is 5. The summed E-state index contributed by atoms with van der Waals surface area (Å²) < 4.78 is 56.3. The average molecular weight is 422 g/mol. The molecule has 0 saturated heterocycles. The molecule has 0 radical (unpaired) electrons.